The molecule has 2 unspecified atom stereocenters. The van der Waals surface area contributed by atoms with E-state index in [9.17, 15) is 4.79 Å². The number of benzene rings is 1. The lowest BCUT2D eigenvalue weighted by atomic mass is 9.87. The van der Waals surface area contributed by atoms with Gasteiger partial charge >= 0.3 is 0 Å². The minimum Gasteiger partial charge on any atom is -0.339 e. The second-order valence-corrected chi connectivity index (χ2v) is 7.32. The first-order chi connectivity index (χ1) is 9.60. The molecule has 3 heteroatoms. The molecule has 0 fully saturated rings. The molecule has 21 heavy (non-hydrogen) atoms. The van der Waals surface area contributed by atoms with E-state index in [0.29, 0.717) is 6.42 Å². The van der Waals surface area contributed by atoms with Crippen molar-refractivity contribution in [2.45, 2.75) is 59.5 Å². The van der Waals surface area contributed by atoms with E-state index >= 15 is 0 Å². The number of rotatable bonds is 5. The third-order valence-electron chi connectivity index (χ3n) is 3.85. The van der Waals surface area contributed by atoms with Crippen LogP contribution in [0.5, 0.6) is 0 Å². The van der Waals surface area contributed by atoms with Gasteiger partial charge in [0.2, 0.25) is 5.91 Å². The van der Waals surface area contributed by atoms with Crippen LogP contribution < -0.4 is 5.73 Å². The Bertz CT molecular complexity index is 459. The quantitative estimate of drug-likeness (QED) is 0.899. The summed E-state index contributed by atoms with van der Waals surface area (Å²) in [4.78, 5) is 14.2. The highest BCUT2D eigenvalue weighted by molar-refractivity contribution is 5.77. The van der Waals surface area contributed by atoms with Crippen LogP contribution in [-0.2, 0) is 4.79 Å². The molecule has 2 atom stereocenters. The first kappa shape index (κ1) is 17.7. The Labute approximate surface area is 129 Å². The molecule has 1 aromatic rings. The summed E-state index contributed by atoms with van der Waals surface area (Å²) < 4.78 is 0. The van der Waals surface area contributed by atoms with E-state index in [4.69, 9.17) is 5.73 Å². The molecule has 0 aromatic heterocycles. The highest BCUT2D eigenvalue weighted by Gasteiger charge is 2.22. The Morgan fingerprint density at radius 3 is 2.24 bits per heavy atom. The molecule has 0 aliphatic rings. The number of hydrogen-bond acceptors (Lipinski definition) is 2. The van der Waals surface area contributed by atoms with Crippen LogP contribution in [0.25, 0.3) is 0 Å². The predicted molar refractivity (Wildman–Crippen MR) is 89.0 cm³/mol. The van der Waals surface area contributed by atoms with E-state index in [0.717, 1.165) is 12.0 Å². The standard InChI is InChI=1S/C18H30N2O/c1-13-7-9-15(10-8-13)14(2)20(6)17(21)11-16(19)12-18(3,4)5/h7-10,14,16H,11-12,19H2,1-6H3. The smallest absolute Gasteiger partial charge is 0.224 e. The van der Waals surface area contributed by atoms with Gasteiger partial charge in [-0.1, -0.05) is 50.6 Å². The summed E-state index contributed by atoms with van der Waals surface area (Å²) in [7, 11) is 1.86. The van der Waals surface area contributed by atoms with Crippen molar-refractivity contribution in [3.63, 3.8) is 0 Å². The average molecular weight is 290 g/mol. The van der Waals surface area contributed by atoms with Gasteiger partial charge in [0.25, 0.3) is 0 Å². The van der Waals surface area contributed by atoms with E-state index in [1.807, 2.05) is 7.05 Å². The lowest BCUT2D eigenvalue weighted by Crippen LogP contribution is -2.36. The van der Waals surface area contributed by atoms with Gasteiger partial charge in [-0.05, 0) is 31.2 Å². The molecular weight excluding hydrogens is 260 g/mol. The van der Waals surface area contributed by atoms with Crippen molar-refractivity contribution in [1.29, 1.82) is 0 Å². The molecule has 118 valence electrons. The van der Waals surface area contributed by atoms with Crippen LogP contribution in [0, 0.1) is 12.3 Å². The Balaban J connectivity index is 2.63. The molecule has 0 aliphatic carbocycles. The van der Waals surface area contributed by atoms with Crippen LogP contribution in [0.2, 0.25) is 0 Å². The fourth-order valence-corrected chi connectivity index (χ4v) is 2.51. The van der Waals surface area contributed by atoms with Gasteiger partial charge in [0, 0.05) is 19.5 Å². The fourth-order valence-electron chi connectivity index (χ4n) is 2.51. The molecule has 0 heterocycles. The summed E-state index contributed by atoms with van der Waals surface area (Å²) in [5, 5.41) is 0. The van der Waals surface area contributed by atoms with Gasteiger partial charge in [-0.3, -0.25) is 4.79 Å². The highest BCUT2D eigenvalue weighted by atomic mass is 16.2. The fraction of sp³-hybridized carbons (Fsp3) is 0.611. The summed E-state index contributed by atoms with van der Waals surface area (Å²) in [5.74, 6) is 0.111. The molecule has 1 rings (SSSR count). The summed E-state index contributed by atoms with van der Waals surface area (Å²) >= 11 is 0. The summed E-state index contributed by atoms with van der Waals surface area (Å²) in [6, 6.07) is 8.31. The van der Waals surface area contributed by atoms with Crippen LogP contribution in [0.1, 0.15) is 57.7 Å². The first-order valence-electron chi connectivity index (χ1n) is 7.68. The summed E-state index contributed by atoms with van der Waals surface area (Å²) in [5.41, 5.74) is 8.65. The van der Waals surface area contributed by atoms with Crippen molar-refractivity contribution in [3.8, 4) is 0 Å². The van der Waals surface area contributed by atoms with Gasteiger partial charge in [0.15, 0.2) is 0 Å². The van der Waals surface area contributed by atoms with E-state index < -0.39 is 0 Å². The number of carbonyl (C=O) groups excluding carboxylic acids is 1. The maximum atomic E-state index is 12.4. The Morgan fingerprint density at radius 1 is 1.24 bits per heavy atom. The average Bonchev–Trinajstić information content (AvgIpc) is 2.35. The van der Waals surface area contributed by atoms with Crippen LogP contribution in [0.3, 0.4) is 0 Å². The molecule has 0 spiro atoms. The van der Waals surface area contributed by atoms with Crippen LogP contribution >= 0.6 is 0 Å². The largest absolute Gasteiger partial charge is 0.339 e. The minimum absolute atomic E-state index is 0.0694. The van der Waals surface area contributed by atoms with Gasteiger partial charge in [0.05, 0.1) is 6.04 Å². The zero-order valence-corrected chi connectivity index (χ0v) is 14.3. The number of nitrogens with zero attached hydrogens (tertiary/aromatic N) is 1. The maximum absolute atomic E-state index is 12.4. The Hall–Kier alpha value is -1.35. The maximum Gasteiger partial charge on any atom is 0.224 e. The van der Waals surface area contributed by atoms with E-state index in [1.54, 1.807) is 4.90 Å². The zero-order chi connectivity index (χ0) is 16.2. The Kier molecular flexibility index (Phi) is 5.97. The topological polar surface area (TPSA) is 46.3 Å². The molecular formula is C18H30N2O. The molecule has 1 amide bonds. The number of hydrogen-bond donors (Lipinski definition) is 1. The molecule has 0 bridgehead atoms. The minimum atomic E-state index is -0.0785. The lowest BCUT2D eigenvalue weighted by Gasteiger charge is -2.28. The monoisotopic (exact) mass is 290 g/mol. The van der Waals surface area contributed by atoms with Gasteiger partial charge < -0.3 is 10.6 Å². The highest BCUT2D eigenvalue weighted by Crippen LogP contribution is 2.23. The molecule has 0 aliphatic heterocycles. The van der Waals surface area contributed by atoms with Crippen molar-refractivity contribution < 1.29 is 4.79 Å². The summed E-state index contributed by atoms with van der Waals surface area (Å²) in [6.45, 7) is 10.6. The van der Waals surface area contributed by atoms with Crippen molar-refractivity contribution in [3.05, 3.63) is 35.4 Å². The van der Waals surface area contributed by atoms with E-state index in [2.05, 4.69) is 58.9 Å². The molecule has 0 saturated heterocycles. The number of nitrogens with two attached hydrogens (primary N) is 1. The Morgan fingerprint density at radius 2 is 1.76 bits per heavy atom. The van der Waals surface area contributed by atoms with Crippen LogP contribution in [0.15, 0.2) is 24.3 Å². The number of carbonyl (C=O) groups is 1. The SMILES string of the molecule is Cc1ccc(C(C)N(C)C(=O)CC(N)CC(C)(C)C)cc1. The van der Waals surface area contributed by atoms with Gasteiger partial charge in [-0.2, -0.15) is 0 Å². The molecule has 1 aromatic carbocycles. The van der Waals surface area contributed by atoms with Crippen LogP contribution in [-0.4, -0.2) is 23.9 Å². The van der Waals surface area contributed by atoms with Crippen molar-refractivity contribution in [1.82, 2.24) is 4.90 Å². The lowest BCUT2D eigenvalue weighted by molar-refractivity contribution is -0.132. The van der Waals surface area contributed by atoms with Crippen molar-refractivity contribution >= 4 is 5.91 Å². The number of amides is 1. The molecule has 2 N–H and O–H groups in total. The molecule has 3 nitrogen and oxygen atoms in total. The number of aryl methyl sites for hydroxylation is 1. The van der Waals surface area contributed by atoms with E-state index in [1.165, 1.54) is 5.56 Å². The normalized spacial score (nSPS) is 14.6. The third kappa shape index (κ3) is 5.88. The van der Waals surface area contributed by atoms with Gasteiger partial charge in [-0.25, -0.2) is 0 Å². The van der Waals surface area contributed by atoms with Crippen molar-refractivity contribution in [2.24, 2.45) is 11.1 Å². The zero-order valence-electron chi connectivity index (χ0n) is 14.3. The van der Waals surface area contributed by atoms with Gasteiger partial charge in [-0.15, -0.1) is 0 Å². The second-order valence-electron chi connectivity index (χ2n) is 7.32. The van der Waals surface area contributed by atoms with Crippen molar-refractivity contribution in [2.75, 3.05) is 7.05 Å². The molecule has 0 radical (unpaired) electrons. The first-order valence-corrected chi connectivity index (χ1v) is 7.68. The predicted octanol–water partition coefficient (Wildman–Crippen LogP) is 3.67. The van der Waals surface area contributed by atoms with E-state index in [-0.39, 0.29) is 23.4 Å². The third-order valence-corrected chi connectivity index (χ3v) is 3.85. The van der Waals surface area contributed by atoms with Gasteiger partial charge in [0.1, 0.15) is 0 Å². The summed E-state index contributed by atoms with van der Waals surface area (Å²) in [6.07, 6.45) is 1.26. The van der Waals surface area contributed by atoms with Crippen LogP contribution in [0.4, 0.5) is 0 Å². The second kappa shape index (κ2) is 7.08. The molecule has 0 saturated carbocycles.